The van der Waals surface area contributed by atoms with Gasteiger partial charge in [-0.05, 0) is 49.7 Å². The number of carbonyl (C=O) groups is 1. The zero-order valence-corrected chi connectivity index (χ0v) is 16.8. The van der Waals surface area contributed by atoms with Gasteiger partial charge in [0.1, 0.15) is 5.75 Å². The second-order valence-corrected chi connectivity index (χ2v) is 7.06. The molecule has 0 aliphatic carbocycles. The maximum absolute atomic E-state index is 13.0. The van der Waals surface area contributed by atoms with Crippen molar-refractivity contribution in [2.45, 2.75) is 13.8 Å². The predicted molar refractivity (Wildman–Crippen MR) is 114 cm³/mol. The summed E-state index contributed by atoms with van der Waals surface area (Å²) in [6.45, 7) is 4.30. The van der Waals surface area contributed by atoms with Crippen molar-refractivity contribution in [2.24, 2.45) is 0 Å². The Morgan fingerprint density at radius 1 is 1.07 bits per heavy atom. The van der Waals surface area contributed by atoms with Crippen molar-refractivity contribution in [3.05, 3.63) is 81.8 Å². The number of aryl methyl sites for hydroxylation is 1. The summed E-state index contributed by atoms with van der Waals surface area (Å²) in [4.78, 5) is 13.0. The Bertz CT molecular complexity index is 986. The van der Waals surface area contributed by atoms with E-state index in [2.05, 4.69) is 21.2 Å². The highest BCUT2D eigenvalue weighted by atomic mass is 79.9. The average Bonchev–Trinajstić information content (AvgIpc) is 2.64. The van der Waals surface area contributed by atoms with Crippen LogP contribution in [0.4, 0.5) is 17.1 Å². The lowest BCUT2D eigenvalue weighted by atomic mass is 9.98. The second kappa shape index (κ2) is 8.27. The van der Waals surface area contributed by atoms with Gasteiger partial charge in [0, 0.05) is 21.8 Å². The topological polar surface area (TPSA) is 64.3 Å². The number of hydrogen-bond acceptors (Lipinski definition) is 4. The fourth-order valence-corrected chi connectivity index (χ4v) is 3.22. The molecule has 0 saturated heterocycles. The Morgan fingerprint density at radius 2 is 1.85 bits per heavy atom. The number of ketones is 1. The standard InChI is InChI=1S/C22H21BrN2O2/c1-3-27-21-13-16(25-20-11-8-15(23)12-19(20)24)9-10-18(21)22(26)17-7-5-4-6-14(17)2/h4-13,25H,3,24H2,1-2H3. The Kier molecular flexibility index (Phi) is 5.81. The molecule has 0 atom stereocenters. The minimum Gasteiger partial charge on any atom is -0.493 e. The summed E-state index contributed by atoms with van der Waals surface area (Å²) in [6, 6.07) is 18.7. The minimum atomic E-state index is -0.0498. The zero-order chi connectivity index (χ0) is 19.4. The molecule has 3 rings (SSSR count). The molecule has 0 amide bonds. The molecule has 0 radical (unpaired) electrons. The van der Waals surface area contributed by atoms with Crippen LogP contribution in [-0.2, 0) is 0 Å². The molecule has 4 nitrogen and oxygen atoms in total. The SMILES string of the molecule is CCOc1cc(Nc2ccc(Br)cc2N)ccc1C(=O)c1ccccc1C. The van der Waals surface area contributed by atoms with Gasteiger partial charge in [0.25, 0.3) is 0 Å². The molecule has 0 aromatic heterocycles. The summed E-state index contributed by atoms with van der Waals surface area (Å²) >= 11 is 3.40. The first kappa shape index (κ1) is 19.0. The largest absolute Gasteiger partial charge is 0.493 e. The van der Waals surface area contributed by atoms with Crippen LogP contribution < -0.4 is 15.8 Å². The third kappa shape index (κ3) is 4.31. The number of nitrogen functional groups attached to an aromatic ring is 1. The lowest BCUT2D eigenvalue weighted by molar-refractivity contribution is 0.103. The maximum Gasteiger partial charge on any atom is 0.197 e. The second-order valence-electron chi connectivity index (χ2n) is 6.14. The number of rotatable bonds is 6. The number of nitrogens with one attached hydrogen (secondary N) is 1. The number of halogens is 1. The molecule has 5 heteroatoms. The van der Waals surface area contributed by atoms with E-state index in [1.807, 2.05) is 68.4 Å². The molecular formula is C22H21BrN2O2. The van der Waals surface area contributed by atoms with Crippen LogP contribution in [0.2, 0.25) is 0 Å². The summed E-state index contributed by atoms with van der Waals surface area (Å²) < 4.78 is 6.66. The predicted octanol–water partition coefficient (Wildman–Crippen LogP) is 5.71. The molecule has 0 saturated carbocycles. The lowest BCUT2D eigenvalue weighted by Gasteiger charge is -2.15. The van der Waals surface area contributed by atoms with Crippen molar-refractivity contribution in [1.29, 1.82) is 0 Å². The van der Waals surface area contributed by atoms with Crippen LogP contribution >= 0.6 is 15.9 Å². The van der Waals surface area contributed by atoms with E-state index in [1.54, 1.807) is 6.07 Å². The van der Waals surface area contributed by atoms with Crippen LogP contribution in [0.15, 0.2) is 65.1 Å². The molecule has 0 aliphatic rings. The third-order valence-electron chi connectivity index (χ3n) is 4.21. The number of benzene rings is 3. The fraction of sp³-hybridized carbons (Fsp3) is 0.136. The molecule has 0 aliphatic heterocycles. The number of nitrogens with two attached hydrogens (primary N) is 1. The summed E-state index contributed by atoms with van der Waals surface area (Å²) in [7, 11) is 0. The minimum absolute atomic E-state index is 0.0498. The van der Waals surface area contributed by atoms with E-state index in [-0.39, 0.29) is 5.78 Å². The van der Waals surface area contributed by atoms with Gasteiger partial charge in [-0.25, -0.2) is 0 Å². The summed E-state index contributed by atoms with van der Waals surface area (Å²) in [5.41, 5.74) is 10.4. The van der Waals surface area contributed by atoms with Crippen LogP contribution in [0, 0.1) is 6.92 Å². The Hall–Kier alpha value is -2.79. The smallest absolute Gasteiger partial charge is 0.197 e. The number of hydrogen-bond donors (Lipinski definition) is 2. The van der Waals surface area contributed by atoms with Gasteiger partial charge in [-0.1, -0.05) is 40.2 Å². The van der Waals surface area contributed by atoms with Crippen LogP contribution in [-0.4, -0.2) is 12.4 Å². The highest BCUT2D eigenvalue weighted by molar-refractivity contribution is 9.10. The maximum atomic E-state index is 13.0. The van der Waals surface area contributed by atoms with E-state index in [0.717, 1.165) is 21.4 Å². The van der Waals surface area contributed by atoms with Crippen molar-refractivity contribution < 1.29 is 9.53 Å². The molecular weight excluding hydrogens is 404 g/mol. The van der Waals surface area contributed by atoms with Crippen LogP contribution in [0.5, 0.6) is 5.75 Å². The van der Waals surface area contributed by atoms with Gasteiger partial charge in [-0.15, -0.1) is 0 Å². The van der Waals surface area contributed by atoms with Crippen LogP contribution in [0.1, 0.15) is 28.4 Å². The zero-order valence-electron chi connectivity index (χ0n) is 15.3. The normalized spacial score (nSPS) is 10.5. The van der Waals surface area contributed by atoms with Gasteiger partial charge < -0.3 is 15.8 Å². The highest BCUT2D eigenvalue weighted by Crippen LogP contribution is 2.31. The summed E-state index contributed by atoms with van der Waals surface area (Å²) in [6.07, 6.45) is 0. The quantitative estimate of drug-likeness (QED) is 0.392. The Morgan fingerprint density at radius 3 is 2.56 bits per heavy atom. The highest BCUT2D eigenvalue weighted by Gasteiger charge is 2.17. The van der Waals surface area contributed by atoms with E-state index in [1.165, 1.54) is 0 Å². The van der Waals surface area contributed by atoms with Gasteiger partial charge >= 0.3 is 0 Å². The monoisotopic (exact) mass is 424 g/mol. The Labute approximate surface area is 167 Å². The van der Waals surface area contributed by atoms with Crippen molar-refractivity contribution in [1.82, 2.24) is 0 Å². The van der Waals surface area contributed by atoms with Crippen LogP contribution in [0.3, 0.4) is 0 Å². The first-order valence-electron chi connectivity index (χ1n) is 8.69. The average molecular weight is 425 g/mol. The Balaban J connectivity index is 1.95. The van der Waals surface area contributed by atoms with Crippen molar-refractivity contribution in [2.75, 3.05) is 17.7 Å². The molecule has 0 spiro atoms. The van der Waals surface area contributed by atoms with E-state index in [0.29, 0.717) is 29.2 Å². The van der Waals surface area contributed by atoms with Crippen molar-refractivity contribution >= 4 is 38.8 Å². The summed E-state index contributed by atoms with van der Waals surface area (Å²) in [5, 5.41) is 3.28. The van der Waals surface area contributed by atoms with Gasteiger partial charge in [0.2, 0.25) is 0 Å². The molecule has 0 bridgehead atoms. The number of anilines is 3. The molecule has 3 N–H and O–H groups in total. The number of ether oxygens (including phenoxy) is 1. The van der Waals surface area contributed by atoms with E-state index >= 15 is 0 Å². The van der Waals surface area contributed by atoms with E-state index in [4.69, 9.17) is 10.5 Å². The van der Waals surface area contributed by atoms with E-state index < -0.39 is 0 Å². The molecule has 138 valence electrons. The van der Waals surface area contributed by atoms with Gasteiger partial charge in [0.15, 0.2) is 5.78 Å². The number of carbonyl (C=O) groups excluding carboxylic acids is 1. The molecule has 27 heavy (non-hydrogen) atoms. The van der Waals surface area contributed by atoms with Crippen molar-refractivity contribution in [3.63, 3.8) is 0 Å². The fourth-order valence-electron chi connectivity index (χ4n) is 2.84. The first-order valence-corrected chi connectivity index (χ1v) is 9.48. The molecule has 3 aromatic carbocycles. The molecule has 0 fully saturated rings. The molecule has 0 heterocycles. The lowest BCUT2D eigenvalue weighted by Crippen LogP contribution is -2.07. The summed E-state index contributed by atoms with van der Waals surface area (Å²) in [5.74, 6) is 0.498. The van der Waals surface area contributed by atoms with Crippen molar-refractivity contribution in [3.8, 4) is 5.75 Å². The van der Waals surface area contributed by atoms with Gasteiger partial charge in [-0.3, -0.25) is 4.79 Å². The first-order chi connectivity index (χ1) is 13.0. The molecule has 3 aromatic rings. The van der Waals surface area contributed by atoms with E-state index in [9.17, 15) is 4.79 Å². The van der Waals surface area contributed by atoms with Gasteiger partial charge in [0.05, 0.1) is 23.5 Å². The van der Waals surface area contributed by atoms with Crippen LogP contribution in [0.25, 0.3) is 0 Å². The molecule has 0 unspecified atom stereocenters. The third-order valence-corrected chi connectivity index (χ3v) is 4.70. The van der Waals surface area contributed by atoms with Gasteiger partial charge in [-0.2, -0.15) is 0 Å².